The molecule has 1 amide bonds. The van der Waals surface area contributed by atoms with Gasteiger partial charge in [0, 0.05) is 42.1 Å². The molecule has 9 heteroatoms. The second-order valence-electron chi connectivity index (χ2n) is 7.12. The summed E-state index contributed by atoms with van der Waals surface area (Å²) in [5.41, 5.74) is 1.31. The number of carboxylic acids is 1. The Labute approximate surface area is 183 Å². The largest absolute Gasteiger partial charge is 0.481 e. The lowest BCUT2D eigenvalue weighted by atomic mass is 9.86. The van der Waals surface area contributed by atoms with E-state index in [0.29, 0.717) is 52.0 Å². The zero-order valence-corrected chi connectivity index (χ0v) is 18.3. The molecule has 1 atom stereocenters. The average molecular weight is 457 g/mol. The van der Waals surface area contributed by atoms with E-state index < -0.39 is 11.9 Å². The van der Waals surface area contributed by atoms with Gasteiger partial charge in [0.1, 0.15) is 0 Å². The zero-order valence-electron chi connectivity index (χ0n) is 15.9. The quantitative estimate of drug-likeness (QED) is 0.634. The van der Waals surface area contributed by atoms with Gasteiger partial charge in [-0.15, -0.1) is 11.3 Å². The summed E-state index contributed by atoms with van der Waals surface area (Å²) in [6.07, 6.45) is 2.04. The number of hydrogen-bond acceptors (Lipinski definition) is 5. The summed E-state index contributed by atoms with van der Waals surface area (Å²) in [4.78, 5) is 30.4. The van der Waals surface area contributed by atoms with Crippen molar-refractivity contribution in [1.82, 2.24) is 4.98 Å². The Kier molecular flexibility index (Phi) is 7.51. The van der Waals surface area contributed by atoms with Crippen LogP contribution in [-0.2, 0) is 14.3 Å². The number of aromatic nitrogens is 1. The summed E-state index contributed by atoms with van der Waals surface area (Å²) in [6.45, 7) is 1.31. The molecule has 0 spiro atoms. The minimum absolute atomic E-state index is 0.196. The molecule has 0 aliphatic carbocycles. The van der Waals surface area contributed by atoms with Crippen molar-refractivity contribution in [3.63, 3.8) is 0 Å². The van der Waals surface area contributed by atoms with Gasteiger partial charge in [0.05, 0.1) is 17.1 Å². The number of benzene rings is 1. The molecule has 29 heavy (non-hydrogen) atoms. The van der Waals surface area contributed by atoms with Gasteiger partial charge in [-0.1, -0.05) is 23.2 Å². The first-order chi connectivity index (χ1) is 13.8. The van der Waals surface area contributed by atoms with Crippen molar-refractivity contribution >= 4 is 51.5 Å². The van der Waals surface area contributed by atoms with E-state index in [-0.39, 0.29) is 12.3 Å². The molecule has 3 rings (SSSR count). The summed E-state index contributed by atoms with van der Waals surface area (Å²) in [6, 6.07) is 5.12. The maximum atomic E-state index is 13.1. The molecule has 2 aromatic rings. The highest BCUT2D eigenvalue weighted by molar-refractivity contribution is 7.14. The van der Waals surface area contributed by atoms with Gasteiger partial charge in [-0.2, -0.15) is 0 Å². The Morgan fingerprint density at radius 1 is 1.34 bits per heavy atom. The molecule has 1 aliphatic rings. The minimum atomic E-state index is -0.977. The summed E-state index contributed by atoms with van der Waals surface area (Å²) < 4.78 is 5.36. The monoisotopic (exact) mass is 456 g/mol. The average Bonchev–Trinajstić information content (AvgIpc) is 3.18. The summed E-state index contributed by atoms with van der Waals surface area (Å²) in [5.74, 6) is -1.52. The fourth-order valence-corrected chi connectivity index (χ4v) is 4.65. The third-order valence-electron chi connectivity index (χ3n) is 5.04. The van der Waals surface area contributed by atoms with Crippen molar-refractivity contribution in [2.24, 2.45) is 11.8 Å². The molecule has 0 bridgehead atoms. The summed E-state index contributed by atoms with van der Waals surface area (Å²) in [7, 11) is 1.63. The van der Waals surface area contributed by atoms with Crippen LogP contribution >= 0.6 is 34.5 Å². The maximum absolute atomic E-state index is 13.1. The second kappa shape index (κ2) is 9.89. The van der Waals surface area contributed by atoms with Gasteiger partial charge in [0.25, 0.3) is 0 Å². The molecule has 1 saturated heterocycles. The van der Waals surface area contributed by atoms with E-state index in [0.717, 1.165) is 12.8 Å². The normalized spacial score (nSPS) is 15.8. The lowest BCUT2D eigenvalue weighted by Crippen LogP contribution is -2.35. The number of aliphatic carboxylic acids is 1. The molecule has 156 valence electrons. The molecule has 1 aliphatic heterocycles. The Bertz CT molecular complexity index is 883. The number of ether oxygens (including phenoxy) is 1. The molecular formula is C20H22Cl2N2O4S. The van der Waals surface area contributed by atoms with Crippen LogP contribution in [0.2, 0.25) is 10.0 Å². The summed E-state index contributed by atoms with van der Waals surface area (Å²) in [5, 5.41) is 12.6. The van der Waals surface area contributed by atoms with E-state index in [1.807, 2.05) is 0 Å². The van der Waals surface area contributed by atoms with E-state index in [9.17, 15) is 14.7 Å². The molecule has 2 heterocycles. The fraction of sp³-hybridized carbons (Fsp3) is 0.450. The molecule has 1 aromatic heterocycles. The van der Waals surface area contributed by atoms with Crippen molar-refractivity contribution < 1.29 is 19.4 Å². The van der Waals surface area contributed by atoms with Gasteiger partial charge in [-0.25, -0.2) is 4.98 Å². The molecule has 1 aromatic carbocycles. The number of carbonyl (C=O) groups is 2. The third kappa shape index (κ3) is 5.69. The van der Waals surface area contributed by atoms with Gasteiger partial charge in [-0.3, -0.25) is 14.5 Å². The van der Waals surface area contributed by atoms with Crippen LogP contribution < -0.4 is 4.90 Å². The standard InChI is InChI=1S/C20H22Cl2N2O4S/c1-24(19(27)13(9-18(25)26)8-12-4-6-28-7-5-12)20-23-17(11-29-20)15-10-14(21)2-3-16(15)22/h2-3,10-13H,4-9H2,1H3,(H,25,26)/t13-/m1/s1. The van der Waals surface area contributed by atoms with Gasteiger partial charge < -0.3 is 9.84 Å². The SMILES string of the molecule is CN(C(=O)[C@@H](CC(=O)O)CC1CCOCC1)c1nc(-c2cc(Cl)ccc2Cl)cs1. The van der Waals surface area contributed by atoms with Crippen molar-refractivity contribution in [3.8, 4) is 11.3 Å². The maximum Gasteiger partial charge on any atom is 0.304 e. The molecule has 0 unspecified atom stereocenters. The molecule has 1 fully saturated rings. The molecular weight excluding hydrogens is 435 g/mol. The first-order valence-corrected chi connectivity index (χ1v) is 11.0. The van der Waals surface area contributed by atoms with Crippen LogP contribution in [0.1, 0.15) is 25.7 Å². The number of nitrogens with zero attached hydrogens (tertiary/aromatic N) is 2. The number of thiazole rings is 1. The second-order valence-corrected chi connectivity index (χ2v) is 8.80. The number of carbonyl (C=O) groups excluding carboxylic acids is 1. The van der Waals surface area contributed by atoms with Crippen LogP contribution in [0, 0.1) is 11.8 Å². The lowest BCUT2D eigenvalue weighted by molar-refractivity contribution is -0.141. The van der Waals surface area contributed by atoms with Crippen molar-refractivity contribution in [2.75, 3.05) is 25.2 Å². The third-order valence-corrected chi connectivity index (χ3v) is 6.52. The fourth-order valence-electron chi connectivity index (χ4n) is 3.47. The van der Waals surface area contributed by atoms with E-state index in [2.05, 4.69) is 4.98 Å². The van der Waals surface area contributed by atoms with Crippen LogP contribution in [0.3, 0.4) is 0 Å². The van der Waals surface area contributed by atoms with Crippen LogP contribution in [0.25, 0.3) is 11.3 Å². The number of carboxylic acid groups (broad SMARTS) is 1. The lowest BCUT2D eigenvalue weighted by Gasteiger charge is -2.27. The predicted octanol–water partition coefficient (Wildman–Crippen LogP) is 4.99. The van der Waals surface area contributed by atoms with E-state index in [4.69, 9.17) is 27.9 Å². The highest BCUT2D eigenvalue weighted by atomic mass is 35.5. The Balaban J connectivity index is 1.77. The number of halogens is 2. The Hall–Kier alpha value is -1.67. The van der Waals surface area contributed by atoms with Gasteiger partial charge in [0.2, 0.25) is 5.91 Å². The zero-order chi connectivity index (χ0) is 21.0. The smallest absolute Gasteiger partial charge is 0.304 e. The number of rotatable bonds is 7. The highest BCUT2D eigenvalue weighted by Crippen LogP contribution is 2.34. The highest BCUT2D eigenvalue weighted by Gasteiger charge is 2.30. The minimum Gasteiger partial charge on any atom is -0.481 e. The number of anilines is 1. The molecule has 6 nitrogen and oxygen atoms in total. The van der Waals surface area contributed by atoms with Crippen LogP contribution in [-0.4, -0.2) is 42.2 Å². The molecule has 0 saturated carbocycles. The van der Waals surface area contributed by atoms with E-state index in [1.165, 1.54) is 16.2 Å². The Morgan fingerprint density at radius 3 is 2.76 bits per heavy atom. The van der Waals surface area contributed by atoms with E-state index >= 15 is 0 Å². The van der Waals surface area contributed by atoms with Crippen LogP contribution in [0.4, 0.5) is 5.13 Å². The summed E-state index contributed by atoms with van der Waals surface area (Å²) >= 11 is 13.6. The molecule has 1 N–H and O–H groups in total. The topological polar surface area (TPSA) is 79.7 Å². The van der Waals surface area contributed by atoms with Gasteiger partial charge in [0.15, 0.2) is 5.13 Å². The van der Waals surface area contributed by atoms with Crippen molar-refractivity contribution in [1.29, 1.82) is 0 Å². The number of hydrogen-bond donors (Lipinski definition) is 1. The van der Waals surface area contributed by atoms with Crippen LogP contribution in [0.5, 0.6) is 0 Å². The molecule has 0 radical (unpaired) electrons. The van der Waals surface area contributed by atoms with Crippen LogP contribution in [0.15, 0.2) is 23.6 Å². The first-order valence-electron chi connectivity index (χ1n) is 9.33. The first kappa shape index (κ1) is 22.0. The predicted molar refractivity (Wildman–Crippen MR) is 115 cm³/mol. The number of amides is 1. The van der Waals surface area contributed by atoms with Crippen molar-refractivity contribution in [3.05, 3.63) is 33.6 Å². The van der Waals surface area contributed by atoms with Gasteiger partial charge >= 0.3 is 5.97 Å². The van der Waals surface area contributed by atoms with Gasteiger partial charge in [-0.05, 0) is 43.4 Å². The van der Waals surface area contributed by atoms with Crippen molar-refractivity contribution in [2.45, 2.75) is 25.7 Å². The Morgan fingerprint density at radius 2 is 2.07 bits per heavy atom. The van der Waals surface area contributed by atoms with E-state index in [1.54, 1.807) is 30.6 Å².